The Balaban J connectivity index is 1.57. The van der Waals surface area contributed by atoms with Gasteiger partial charge >= 0.3 is 12.0 Å². The zero-order valence-corrected chi connectivity index (χ0v) is 17.8. The van der Waals surface area contributed by atoms with Crippen molar-refractivity contribution in [2.75, 3.05) is 19.6 Å². The number of piperidine rings is 1. The minimum atomic E-state index is -1.26. The molecule has 2 fully saturated rings. The number of nitrogens with zero attached hydrogens (tertiary/aromatic N) is 4. The Morgan fingerprint density at radius 3 is 2.21 bits per heavy atom. The molecule has 2 aromatic rings. The number of carboxylic acids is 1. The summed E-state index contributed by atoms with van der Waals surface area (Å²) >= 11 is 0. The van der Waals surface area contributed by atoms with E-state index in [1.165, 1.54) is 4.90 Å². The predicted molar refractivity (Wildman–Crippen MR) is 116 cm³/mol. The first-order valence-corrected chi connectivity index (χ1v) is 10.5. The highest BCUT2D eigenvalue weighted by atomic mass is 16.4. The summed E-state index contributed by atoms with van der Waals surface area (Å²) in [7, 11) is 0. The average Bonchev–Trinajstić information content (AvgIpc) is 3.01. The number of nitriles is 1. The second-order valence-corrected chi connectivity index (χ2v) is 8.15. The summed E-state index contributed by atoms with van der Waals surface area (Å²) in [5.74, 6) is -2.01. The van der Waals surface area contributed by atoms with Gasteiger partial charge in [-0.25, -0.2) is 4.79 Å². The van der Waals surface area contributed by atoms with Crippen molar-refractivity contribution in [3.63, 3.8) is 0 Å². The van der Waals surface area contributed by atoms with Gasteiger partial charge in [-0.05, 0) is 42.7 Å². The van der Waals surface area contributed by atoms with Gasteiger partial charge in [0.1, 0.15) is 12.1 Å². The van der Waals surface area contributed by atoms with Crippen molar-refractivity contribution >= 4 is 23.8 Å². The van der Waals surface area contributed by atoms with E-state index < -0.39 is 30.0 Å². The summed E-state index contributed by atoms with van der Waals surface area (Å²) in [6.45, 7) is -0.0438. The van der Waals surface area contributed by atoms with E-state index in [9.17, 15) is 24.3 Å². The Labute approximate surface area is 190 Å². The summed E-state index contributed by atoms with van der Waals surface area (Å²) < 4.78 is 0. The molecule has 1 N–H and O–H groups in total. The van der Waals surface area contributed by atoms with Crippen molar-refractivity contribution in [3.8, 4) is 6.07 Å². The van der Waals surface area contributed by atoms with Gasteiger partial charge in [0, 0.05) is 25.2 Å². The molecule has 33 heavy (non-hydrogen) atoms. The van der Waals surface area contributed by atoms with E-state index in [2.05, 4.69) is 0 Å². The first-order valence-electron chi connectivity index (χ1n) is 10.5. The molecule has 2 aromatic carbocycles. The van der Waals surface area contributed by atoms with Crippen molar-refractivity contribution in [2.45, 2.75) is 24.9 Å². The number of likely N-dealkylation sites (tertiary alicyclic amines) is 1. The number of urea groups is 1. The molecule has 1 spiro atoms. The fraction of sp³-hybridized carbons (Fsp3) is 0.292. The Morgan fingerprint density at radius 2 is 1.64 bits per heavy atom. The quantitative estimate of drug-likeness (QED) is 0.702. The monoisotopic (exact) mass is 446 g/mol. The predicted octanol–water partition coefficient (Wildman–Crippen LogP) is 2.08. The molecule has 2 saturated heterocycles. The lowest BCUT2D eigenvalue weighted by atomic mass is 9.85. The Morgan fingerprint density at radius 1 is 1.00 bits per heavy atom. The zero-order chi connectivity index (χ0) is 23.6. The van der Waals surface area contributed by atoms with Crippen molar-refractivity contribution in [1.82, 2.24) is 14.7 Å². The summed E-state index contributed by atoms with van der Waals surface area (Å²) in [6, 6.07) is 16.9. The molecule has 2 aliphatic rings. The number of carbonyl (C=O) groups is 4. The molecule has 0 atom stereocenters. The van der Waals surface area contributed by atoms with Crippen LogP contribution in [0.4, 0.5) is 4.79 Å². The van der Waals surface area contributed by atoms with Crippen LogP contribution in [0.15, 0.2) is 54.6 Å². The first kappa shape index (κ1) is 22.0. The van der Waals surface area contributed by atoms with E-state index >= 15 is 0 Å². The second-order valence-electron chi connectivity index (χ2n) is 8.15. The van der Waals surface area contributed by atoms with Crippen molar-refractivity contribution in [1.29, 1.82) is 5.26 Å². The molecule has 168 valence electrons. The van der Waals surface area contributed by atoms with Crippen LogP contribution in [0.25, 0.3) is 0 Å². The average molecular weight is 446 g/mol. The van der Waals surface area contributed by atoms with E-state index in [1.54, 1.807) is 29.2 Å². The second kappa shape index (κ2) is 8.74. The molecule has 0 bridgehead atoms. The van der Waals surface area contributed by atoms with Crippen LogP contribution in [0, 0.1) is 11.3 Å². The standard InChI is InChI=1S/C24H22N4O5/c25-14-17-6-8-19(9-7-17)21(31)26-12-10-24(11-13-26)22(32)27(16-20(29)30)23(33)28(24)15-18-4-2-1-3-5-18/h1-9H,10-13,15-16H2,(H,29,30). The van der Waals surface area contributed by atoms with Crippen molar-refractivity contribution in [2.24, 2.45) is 0 Å². The lowest BCUT2D eigenvalue weighted by molar-refractivity contribution is -0.144. The third-order valence-corrected chi connectivity index (χ3v) is 6.24. The summed E-state index contributed by atoms with van der Waals surface area (Å²) in [5.41, 5.74) is 0.525. The van der Waals surface area contributed by atoms with E-state index in [0.29, 0.717) is 11.1 Å². The highest BCUT2D eigenvalue weighted by Gasteiger charge is 2.58. The van der Waals surface area contributed by atoms with Gasteiger partial charge < -0.3 is 14.9 Å². The number of imide groups is 1. The normalized spacial score (nSPS) is 17.4. The minimum absolute atomic E-state index is 0.172. The number of hydrogen-bond donors (Lipinski definition) is 1. The number of aliphatic carboxylic acids is 1. The van der Waals surface area contributed by atoms with Gasteiger partial charge in [-0.15, -0.1) is 0 Å². The number of carboxylic acid groups (broad SMARTS) is 1. The summed E-state index contributed by atoms with van der Waals surface area (Å²) in [6.07, 6.45) is 0.422. The van der Waals surface area contributed by atoms with Gasteiger partial charge in [-0.3, -0.25) is 19.3 Å². The van der Waals surface area contributed by atoms with E-state index in [-0.39, 0.29) is 38.4 Å². The molecule has 2 aliphatic heterocycles. The molecule has 0 saturated carbocycles. The molecule has 4 amide bonds. The number of carbonyl (C=O) groups excluding carboxylic acids is 3. The van der Waals surface area contributed by atoms with E-state index in [4.69, 9.17) is 5.26 Å². The van der Waals surface area contributed by atoms with Crippen LogP contribution < -0.4 is 0 Å². The Bertz CT molecular complexity index is 1130. The molecule has 0 radical (unpaired) electrons. The molecule has 0 unspecified atom stereocenters. The van der Waals surface area contributed by atoms with Crippen LogP contribution in [-0.2, 0) is 16.1 Å². The number of amides is 4. The topological polar surface area (TPSA) is 122 Å². The van der Waals surface area contributed by atoms with Gasteiger partial charge in [-0.1, -0.05) is 30.3 Å². The lowest BCUT2D eigenvalue weighted by Gasteiger charge is -2.42. The van der Waals surface area contributed by atoms with E-state index in [1.807, 2.05) is 36.4 Å². The Kier molecular flexibility index (Phi) is 5.84. The highest BCUT2D eigenvalue weighted by Crippen LogP contribution is 2.38. The Hall–Kier alpha value is -4.19. The maximum atomic E-state index is 13.3. The van der Waals surface area contributed by atoms with Gasteiger partial charge in [0.05, 0.1) is 11.6 Å². The van der Waals surface area contributed by atoms with Gasteiger partial charge in [0.2, 0.25) is 0 Å². The molecular weight excluding hydrogens is 424 g/mol. The van der Waals surface area contributed by atoms with Crippen LogP contribution in [-0.4, -0.2) is 68.8 Å². The highest BCUT2D eigenvalue weighted by molar-refractivity contribution is 6.08. The SMILES string of the molecule is N#Cc1ccc(C(=O)N2CCC3(CC2)C(=O)N(CC(=O)O)C(=O)N3Cc2ccccc2)cc1. The molecular formula is C24H22N4O5. The van der Waals surface area contributed by atoms with Crippen LogP contribution in [0.3, 0.4) is 0 Å². The molecule has 9 heteroatoms. The molecule has 4 rings (SSSR count). The maximum absolute atomic E-state index is 13.3. The maximum Gasteiger partial charge on any atom is 0.328 e. The molecule has 0 aliphatic carbocycles. The number of hydrogen-bond acceptors (Lipinski definition) is 5. The summed E-state index contributed by atoms with van der Waals surface area (Å²) in [4.78, 5) is 54.5. The van der Waals surface area contributed by atoms with Crippen molar-refractivity contribution < 1.29 is 24.3 Å². The van der Waals surface area contributed by atoms with Crippen molar-refractivity contribution in [3.05, 3.63) is 71.3 Å². The van der Waals surface area contributed by atoms with Crippen LogP contribution in [0.5, 0.6) is 0 Å². The van der Waals surface area contributed by atoms with Crippen LogP contribution in [0.2, 0.25) is 0 Å². The molecule has 2 heterocycles. The number of rotatable bonds is 5. The van der Waals surface area contributed by atoms with E-state index in [0.717, 1.165) is 10.5 Å². The third kappa shape index (κ3) is 4.03. The minimum Gasteiger partial charge on any atom is -0.480 e. The molecule has 9 nitrogen and oxygen atoms in total. The molecule has 0 aromatic heterocycles. The smallest absolute Gasteiger partial charge is 0.328 e. The first-order chi connectivity index (χ1) is 15.9. The number of benzene rings is 2. The fourth-order valence-corrected chi connectivity index (χ4v) is 4.48. The van der Waals surface area contributed by atoms with Crippen LogP contribution >= 0.6 is 0 Å². The van der Waals surface area contributed by atoms with Gasteiger partial charge in [0.25, 0.3) is 11.8 Å². The largest absolute Gasteiger partial charge is 0.480 e. The van der Waals surface area contributed by atoms with Gasteiger partial charge in [0.15, 0.2) is 0 Å². The van der Waals surface area contributed by atoms with Gasteiger partial charge in [-0.2, -0.15) is 5.26 Å². The third-order valence-electron chi connectivity index (χ3n) is 6.24. The zero-order valence-electron chi connectivity index (χ0n) is 17.8. The van der Waals surface area contributed by atoms with Crippen LogP contribution in [0.1, 0.15) is 34.3 Å². The lowest BCUT2D eigenvalue weighted by Crippen LogP contribution is -2.57. The summed E-state index contributed by atoms with van der Waals surface area (Å²) in [5, 5.41) is 18.1. The fourth-order valence-electron chi connectivity index (χ4n) is 4.48.